The van der Waals surface area contributed by atoms with Crippen LogP contribution in [0.15, 0.2) is 47.8 Å². The van der Waals surface area contributed by atoms with Crippen molar-refractivity contribution >= 4 is 34.7 Å². The first-order valence-electron chi connectivity index (χ1n) is 12.6. The minimum Gasteiger partial charge on any atom is -0.453 e. The number of hydrazine groups is 1. The van der Waals surface area contributed by atoms with Gasteiger partial charge in [0.15, 0.2) is 5.84 Å². The molecule has 13 nitrogen and oxygen atoms in total. The fourth-order valence-electron chi connectivity index (χ4n) is 4.74. The van der Waals surface area contributed by atoms with E-state index in [1.54, 1.807) is 23.9 Å². The number of anilines is 2. The van der Waals surface area contributed by atoms with Crippen LogP contribution in [0.3, 0.4) is 0 Å². The number of rotatable bonds is 8. The highest BCUT2D eigenvalue weighted by Gasteiger charge is 2.34. The first-order chi connectivity index (χ1) is 18.8. The summed E-state index contributed by atoms with van der Waals surface area (Å²) in [5, 5.41) is 12.9. The number of aromatic nitrogens is 2. The number of carbonyl (C=O) groups is 2. The first-order valence-corrected chi connectivity index (χ1v) is 12.6. The second kappa shape index (κ2) is 10.8. The highest BCUT2D eigenvalue weighted by atomic mass is 16.5. The number of fused-ring (bicyclic) bond motifs is 1. The number of hydrogen-bond acceptors (Lipinski definition) is 9. The van der Waals surface area contributed by atoms with Gasteiger partial charge in [0.25, 0.3) is 5.91 Å². The Morgan fingerprint density at radius 1 is 1.23 bits per heavy atom. The third-order valence-corrected chi connectivity index (χ3v) is 7.26. The topological polar surface area (TPSA) is 156 Å². The molecule has 1 aromatic carbocycles. The average Bonchev–Trinajstić information content (AvgIpc) is 3.30. The molecule has 2 amide bonds. The van der Waals surface area contributed by atoms with Gasteiger partial charge in [-0.2, -0.15) is 5.10 Å². The molecule has 0 aliphatic carbocycles. The van der Waals surface area contributed by atoms with Gasteiger partial charge in [0.2, 0.25) is 0 Å². The van der Waals surface area contributed by atoms with Crippen molar-refractivity contribution in [2.75, 3.05) is 50.7 Å². The highest BCUT2D eigenvalue weighted by molar-refractivity contribution is 6.10. The third kappa shape index (κ3) is 5.18. The van der Waals surface area contributed by atoms with Crippen molar-refractivity contribution in [1.82, 2.24) is 19.6 Å². The smallest absolute Gasteiger partial charge is 0.409 e. The van der Waals surface area contributed by atoms with E-state index >= 15 is 0 Å². The molecule has 1 atom stereocenters. The van der Waals surface area contributed by atoms with E-state index in [0.29, 0.717) is 48.1 Å². The summed E-state index contributed by atoms with van der Waals surface area (Å²) in [5.74, 6) is 5.96. The maximum absolute atomic E-state index is 13.3. The first kappa shape index (κ1) is 26.3. The molecular weight excluding hydrogens is 502 g/mol. The van der Waals surface area contributed by atoms with Crippen molar-refractivity contribution in [1.29, 1.82) is 0 Å². The van der Waals surface area contributed by atoms with Crippen LogP contribution in [0.25, 0.3) is 5.52 Å². The van der Waals surface area contributed by atoms with Gasteiger partial charge in [0.1, 0.15) is 0 Å². The predicted octanol–water partition coefficient (Wildman–Crippen LogP) is 1.37. The van der Waals surface area contributed by atoms with Gasteiger partial charge in [-0.15, -0.1) is 5.10 Å². The highest BCUT2D eigenvalue weighted by Crippen LogP contribution is 2.29. The zero-order valence-electron chi connectivity index (χ0n) is 22.2. The van der Waals surface area contributed by atoms with Gasteiger partial charge in [-0.3, -0.25) is 4.79 Å². The normalized spacial score (nSPS) is 17.5. The van der Waals surface area contributed by atoms with E-state index < -0.39 is 6.09 Å². The molecule has 39 heavy (non-hydrogen) atoms. The molecule has 2 aromatic heterocycles. The van der Waals surface area contributed by atoms with Crippen LogP contribution in [0.4, 0.5) is 16.2 Å². The molecule has 1 unspecified atom stereocenters. The molecule has 3 aromatic rings. The van der Waals surface area contributed by atoms with E-state index in [0.717, 1.165) is 24.2 Å². The number of hydrogen-bond donors (Lipinski definition) is 3. The van der Waals surface area contributed by atoms with E-state index in [9.17, 15) is 9.59 Å². The van der Waals surface area contributed by atoms with Gasteiger partial charge in [-0.05, 0) is 37.1 Å². The van der Waals surface area contributed by atoms with Gasteiger partial charge < -0.3 is 30.3 Å². The summed E-state index contributed by atoms with van der Waals surface area (Å²) in [6.07, 6.45) is 4.09. The second-order valence-corrected chi connectivity index (χ2v) is 9.74. The fraction of sp³-hybridized carbons (Fsp3) is 0.385. The van der Waals surface area contributed by atoms with Gasteiger partial charge in [0.05, 0.1) is 43.1 Å². The summed E-state index contributed by atoms with van der Waals surface area (Å²) in [6.45, 7) is 4.28. The molecule has 2 fully saturated rings. The molecule has 2 aliphatic heterocycles. The number of nitrogens with two attached hydrogens (primary N) is 2. The number of likely N-dealkylation sites (tertiary alicyclic amines) is 1. The second-order valence-electron chi connectivity index (χ2n) is 9.74. The number of benzene rings is 1. The van der Waals surface area contributed by atoms with Crippen LogP contribution >= 0.6 is 0 Å². The van der Waals surface area contributed by atoms with Crippen molar-refractivity contribution in [3.05, 3.63) is 59.4 Å². The SMILES string of the molecule is COCC1CCN1c1ccn2ncc(C(=O)Nc3cc(/C(N)=N/N(N)C4CN(C(=O)OC)C4)ccc3C)c2c1. The molecule has 5 N–H and O–H groups in total. The lowest BCUT2D eigenvalue weighted by molar-refractivity contribution is 0.0301. The van der Waals surface area contributed by atoms with Crippen LogP contribution in [0.1, 0.15) is 27.9 Å². The van der Waals surface area contributed by atoms with Crippen LogP contribution in [-0.2, 0) is 9.47 Å². The Kier molecular flexibility index (Phi) is 7.26. The molecule has 2 aliphatic rings. The quantitative estimate of drug-likeness (QED) is 0.168. The van der Waals surface area contributed by atoms with Gasteiger partial charge in [-0.1, -0.05) is 12.1 Å². The third-order valence-electron chi connectivity index (χ3n) is 7.26. The van der Waals surface area contributed by atoms with Crippen LogP contribution in [0.2, 0.25) is 0 Å². The van der Waals surface area contributed by atoms with Gasteiger partial charge in [0, 0.05) is 49.9 Å². The molecule has 0 radical (unpaired) electrons. The summed E-state index contributed by atoms with van der Waals surface area (Å²) in [6, 6.07) is 9.55. The number of nitrogens with zero attached hydrogens (tertiary/aromatic N) is 6. The van der Waals surface area contributed by atoms with E-state index in [1.807, 2.05) is 37.4 Å². The molecule has 206 valence electrons. The number of hydrazone groups is 1. The molecular formula is C26H33N9O4. The molecule has 0 bridgehead atoms. The Hall–Kier alpha value is -4.36. The monoisotopic (exact) mass is 535 g/mol. The Morgan fingerprint density at radius 2 is 2.03 bits per heavy atom. The van der Waals surface area contributed by atoms with E-state index in [4.69, 9.17) is 21.1 Å². The number of aryl methyl sites for hydroxylation is 1. The van der Waals surface area contributed by atoms with Crippen LogP contribution < -0.4 is 21.8 Å². The van der Waals surface area contributed by atoms with Crippen molar-refractivity contribution in [2.24, 2.45) is 16.7 Å². The maximum atomic E-state index is 13.3. The average molecular weight is 536 g/mol. The number of nitrogens with one attached hydrogen (secondary N) is 1. The van der Waals surface area contributed by atoms with Crippen molar-refractivity contribution in [2.45, 2.75) is 25.4 Å². The Bertz CT molecular complexity index is 1420. The molecule has 0 saturated carbocycles. The molecule has 4 heterocycles. The number of carbonyl (C=O) groups excluding carboxylic acids is 2. The standard InChI is InChI=1S/C26H33N9O4/c1-16-4-5-17(24(27)31-35(28)20-13-32(14-20)26(37)39-3)10-22(16)30-25(36)21-12-29-34-9-7-18(11-23(21)34)33-8-6-19(33)15-38-2/h4-5,7,9-12,19-20H,6,8,13-15,28H2,1-3H3,(H2,27,31)(H,30,36). The number of amides is 2. The van der Waals surface area contributed by atoms with E-state index in [2.05, 4.69) is 20.4 Å². The lowest BCUT2D eigenvalue weighted by Crippen LogP contribution is -2.61. The lowest BCUT2D eigenvalue weighted by atomic mass is 10.0. The number of methoxy groups -OCH3 is 2. The summed E-state index contributed by atoms with van der Waals surface area (Å²) >= 11 is 0. The molecule has 13 heteroatoms. The predicted molar refractivity (Wildman–Crippen MR) is 146 cm³/mol. The van der Waals surface area contributed by atoms with Crippen LogP contribution in [-0.4, -0.2) is 90.0 Å². The van der Waals surface area contributed by atoms with Crippen molar-refractivity contribution in [3.8, 4) is 0 Å². The lowest BCUT2D eigenvalue weighted by Gasteiger charge is -2.42. The van der Waals surface area contributed by atoms with Crippen LogP contribution in [0, 0.1) is 6.92 Å². The Labute approximate surface area is 225 Å². The largest absolute Gasteiger partial charge is 0.453 e. The van der Waals surface area contributed by atoms with Crippen molar-refractivity contribution < 1.29 is 19.1 Å². The number of pyridine rings is 1. The molecule has 0 spiro atoms. The summed E-state index contributed by atoms with van der Waals surface area (Å²) in [5.41, 5.74) is 10.5. The zero-order chi connectivity index (χ0) is 27.7. The zero-order valence-corrected chi connectivity index (χ0v) is 22.2. The number of ether oxygens (including phenoxy) is 2. The van der Waals surface area contributed by atoms with Gasteiger partial charge in [-0.25, -0.2) is 20.3 Å². The minimum atomic E-state index is -0.409. The molecule has 2 saturated heterocycles. The minimum absolute atomic E-state index is 0.172. The van der Waals surface area contributed by atoms with E-state index in [1.165, 1.54) is 17.1 Å². The van der Waals surface area contributed by atoms with Crippen molar-refractivity contribution in [3.63, 3.8) is 0 Å². The van der Waals surface area contributed by atoms with Crippen LogP contribution in [0.5, 0.6) is 0 Å². The Morgan fingerprint density at radius 3 is 2.72 bits per heavy atom. The number of amidine groups is 1. The molecule has 5 rings (SSSR count). The summed E-state index contributed by atoms with van der Waals surface area (Å²) in [7, 11) is 3.04. The summed E-state index contributed by atoms with van der Waals surface area (Å²) < 4.78 is 11.7. The van der Waals surface area contributed by atoms with Gasteiger partial charge >= 0.3 is 6.09 Å². The Balaban J connectivity index is 1.30. The summed E-state index contributed by atoms with van der Waals surface area (Å²) in [4.78, 5) is 28.7. The maximum Gasteiger partial charge on any atom is 0.409 e. The van der Waals surface area contributed by atoms with E-state index in [-0.39, 0.29) is 17.8 Å². The fourth-order valence-corrected chi connectivity index (χ4v) is 4.74.